The van der Waals surface area contributed by atoms with Crippen molar-refractivity contribution in [3.05, 3.63) is 28.8 Å². The number of amides is 1. The molecule has 3 heteroatoms. The molecule has 0 saturated carbocycles. The second-order valence-electron chi connectivity index (χ2n) is 4.01. The third-order valence-electron chi connectivity index (χ3n) is 2.47. The maximum absolute atomic E-state index is 10.8. The fraction of sp³-hybridized carbons (Fsp3) is 0.462. The van der Waals surface area contributed by atoms with Crippen molar-refractivity contribution in [3.63, 3.8) is 0 Å². The van der Waals surface area contributed by atoms with Gasteiger partial charge in [-0.2, -0.15) is 0 Å². The van der Waals surface area contributed by atoms with Crippen LogP contribution < -0.4 is 10.1 Å². The summed E-state index contributed by atoms with van der Waals surface area (Å²) in [6.45, 7) is 6.27. The van der Waals surface area contributed by atoms with Gasteiger partial charge in [0.1, 0.15) is 5.75 Å². The molecule has 3 nitrogen and oxygen atoms in total. The van der Waals surface area contributed by atoms with Crippen molar-refractivity contribution in [1.29, 1.82) is 0 Å². The van der Waals surface area contributed by atoms with Gasteiger partial charge in [-0.1, -0.05) is 17.7 Å². The Bertz CT molecular complexity index is 386. The molecule has 0 unspecified atom stereocenters. The van der Waals surface area contributed by atoms with E-state index in [1.165, 1.54) is 12.5 Å². The van der Waals surface area contributed by atoms with Crippen LogP contribution in [-0.4, -0.2) is 19.6 Å². The van der Waals surface area contributed by atoms with Crippen molar-refractivity contribution in [3.8, 4) is 5.75 Å². The Morgan fingerprint density at radius 1 is 1.38 bits per heavy atom. The van der Waals surface area contributed by atoms with Gasteiger partial charge in [0.25, 0.3) is 0 Å². The Kier molecular flexibility index (Phi) is 4.35. The Morgan fingerprint density at radius 2 is 2.06 bits per heavy atom. The number of carbonyl (C=O) groups is 1. The second kappa shape index (κ2) is 5.54. The Labute approximate surface area is 96.8 Å². The Morgan fingerprint density at radius 3 is 2.62 bits per heavy atom. The first-order chi connectivity index (χ1) is 7.54. The van der Waals surface area contributed by atoms with Crippen LogP contribution in [0.1, 0.15) is 23.6 Å². The van der Waals surface area contributed by atoms with Crippen LogP contribution in [0.5, 0.6) is 5.75 Å². The summed E-state index contributed by atoms with van der Waals surface area (Å²) in [7, 11) is 1.68. The third-order valence-corrected chi connectivity index (χ3v) is 2.47. The number of methoxy groups -OCH3 is 1. The van der Waals surface area contributed by atoms with Gasteiger partial charge in [0.15, 0.2) is 0 Å². The fourth-order valence-corrected chi connectivity index (χ4v) is 1.89. The molecule has 0 saturated heterocycles. The molecule has 1 aromatic rings. The molecule has 0 aromatic heterocycles. The van der Waals surface area contributed by atoms with Crippen molar-refractivity contribution in [2.45, 2.75) is 27.2 Å². The van der Waals surface area contributed by atoms with Crippen molar-refractivity contribution in [1.82, 2.24) is 5.32 Å². The molecule has 0 aliphatic carbocycles. The van der Waals surface area contributed by atoms with Crippen molar-refractivity contribution in [2.75, 3.05) is 13.7 Å². The zero-order valence-corrected chi connectivity index (χ0v) is 10.4. The lowest BCUT2D eigenvalue weighted by molar-refractivity contribution is -0.118. The topological polar surface area (TPSA) is 38.3 Å². The lowest BCUT2D eigenvalue weighted by Crippen LogP contribution is -2.22. The van der Waals surface area contributed by atoms with Gasteiger partial charge in [0, 0.05) is 13.5 Å². The summed E-state index contributed by atoms with van der Waals surface area (Å²) in [5, 5.41) is 2.79. The van der Waals surface area contributed by atoms with E-state index in [0.717, 1.165) is 23.3 Å². The first-order valence-electron chi connectivity index (χ1n) is 5.43. The van der Waals surface area contributed by atoms with E-state index < -0.39 is 0 Å². The lowest BCUT2D eigenvalue weighted by atomic mass is 10.0. The number of rotatable bonds is 4. The highest BCUT2D eigenvalue weighted by atomic mass is 16.5. The molecule has 88 valence electrons. The maximum Gasteiger partial charge on any atom is 0.216 e. The predicted molar refractivity (Wildman–Crippen MR) is 64.9 cm³/mol. The molecule has 0 fully saturated rings. The molecule has 1 rings (SSSR count). The molecule has 0 bridgehead atoms. The maximum atomic E-state index is 10.8. The number of hydrogen-bond donors (Lipinski definition) is 1. The standard InChI is InChI=1S/C13H19NO2/c1-9-7-10(2)13(16-4)12(8-9)5-6-14-11(3)15/h7-8H,5-6H2,1-4H3,(H,14,15). The van der Waals surface area contributed by atoms with Gasteiger partial charge in [0.2, 0.25) is 5.91 Å². The molecule has 16 heavy (non-hydrogen) atoms. The van der Waals surface area contributed by atoms with E-state index in [1.807, 2.05) is 6.92 Å². The van der Waals surface area contributed by atoms with E-state index in [2.05, 4.69) is 24.4 Å². The molecule has 0 radical (unpaired) electrons. The van der Waals surface area contributed by atoms with Crippen LogP contribution in [0, 0.1) is 13.8 Å². The fourth-order valence-electron chi connectivity index (χ4n) is 1.89. The average Bonchev–Trinajstić information content (AvgIpc) is 2.16. The van der Waals surface area contributed by atoms with Gasteiger partial charge in [-0.05, 0) is 31.4 Å². The minimum absolute atomic E-state index is 0.00309. The summed E-state index contributed by atoms with van der Waals surface area (Å²) >= 11 is 0. The van der Waals surface area contributed by atoms with Crippen LogP contribution in [-0.2, 0) is 11.2 Å². The molecule has 0 spiro atoms. The van der Waals surface area contributed by atoms with Gasteiger partial charge in [-0.3, -0.25) is 4.79 Å². The molecular weight excluding hydrogens is 202 g/mol. The summed E-state index contributed by atoms with van der Waals surface area (Å²) in [4.78, 5) is 10.8. The third kappa shape index (κ3) is 3.26. The van der Waals surface area contributed by atoms with E-state index in [0.29, 0.717) is 6.54 Å². The SMILES string of the molecule is COc1c(C)cc(C)cc1CCNC(C)=O. The number of benzene rings is 1. The Hall–Kier alpha value is -1.51. The van der Waals surface area contributed by atoms with Crippen LogP contribution >= 0.6 is 0 Å². The molecule has 1 aromatic carbocycles. The number of carbonyl (C=O) groups excluding carboxylic acids is 1. The van der Waals surface area contributed by atoms with Crippen LogP contribution in [0.4, 0.5) is 0 Å². The summed E-state index contributed by atoms with van der Waals surface area (Å²) in [5.41, 5.74) is 3.50. The average molecular weight is 221 g/mol. The zero-order chi connectivity index (χ0) is 12.1. The smallest absolute Gasteiger partial charge is 0.216 e. The van der Waals surface area contributed by atoms with Gasteiger partial charge in [-0.15, -0.1) is 0 Å². The molecule has 0 aliphatic heterocycles. The van der Waals surface area contributed by atoms with Gasteiger partial charge >= 0.3 is 0 Å². The Balaban J connectivity index is 2.81. The normalized spacial score (nSPS) is 10.0. The first-order valence-corrected chi connectivity index (χ1v) is 5.43. The molecule has 0 atom stereocenters. The zero-order valence-electron chi connectivity index (χ0n) is 10.4. The summed E-state index contributed by atoms with van der Waals surface area (Å²) in [6, 6.07) is 4.20. The van der Waals surface area contributed by atoms with E-state index >= 15 is 0 Å². The minimum Gasteiger partial charge on any atom is -0.496 e. The quantitative estimate of drug-likeness (QED) is 0.844. The first kappa shape index (κ1) is 12.6. The number of hydrogen-bond acceptors (Lipinski definition) is 2. The van der Waals surface area contributed by atoms with Crippen LogP contribution in [0.25, 0.3) is 0 Å². The predicted octanol–water partition coefficient (Wildman–Crippen LogP) is 1.99. The van der Waals surface area contributed by atoms with Crippen molar-refractivity contribution in [2.24, 2.45) is 0 Å². The summed E-state index contributed by atoms with van der Waals surface area (Å²) in [6.07, 6.45) is 0.797. The summed E-state index contributed by atoms with van der Waals surface area (Å²) in [5.74, 6) is 0.930. The van der Waals surface area contributed by atoms with Crippen LogP contribution in [0.2, 0.25) is 0 Å². The highest BCUT2D eigenvalue weighted by molar-refractivity contribution is 5.72. The van der Waals surface area contributed by atoms with Gasteiger partial charge in [-0.25, -0.2) is 0 Å². The highest BCUT2D eigenvalue weighted by Crippen LogP contribution is 2.25. The minimum atomic E-state index is 0.00309. The highest BCUT2D eigenvalue weighted by Gasteiger charge is 2.07. The largest absolute Gasteiger partial charge is 0.496 e. The molecular formula is C13H19NO2. The van der Waals surface area contributed by atoms with E-state index in [-0.39, 0.29) is 5.91 Å². The molecule has 0 aliphatic rings. The van der Waals surface area contributed by atoms with Crippen LogP contribution in [0.15, 0.2) is 12.1 Å². The van der Waals surface area contributed by atoms with Crippen LogP contribution in [0.3, 0.4) is 0 Å². The van der Waals surface area contributed by atoms with Crippen molar-refractivity contribution >= 4 is 5.91 Å². The van der Waals surface area contributed by atoms with Gasteiger partial charge in [0.05, 0.1) is 7.11 Å². The van der Waals surface area contributed by atoms with E-state index in [4.69, 9.17) is 4.74 Å². The monoisotopic (exact) mass is 221 g/mol. The second-order valence-corrected chi connectivity index (χ2v) is 4.01. The summed E-state index contributed by atoms with van der Waals surface area (Å²) < 4.78 is 5.38. The molecule has 1 amide bonds. The lowest BCUT2D eigenvalue weighted by Gasteiger charge is -2.12. The number of nitrogens with one attached hydrogen (secondary N) is 1. The van der Waals surface area contributed by atoms with Crippen molar-refractivity contribution < 1.29 is 9.53 Å². The molecule has 1 N–H and O–H groups in total. The molecule has 0 heterocycles. The van der Waals surface area contributed by atoms with Gasteiger partial charge < -0.3 is 10.1 Å². The number of ether oxygens (including phenoxy) is 1. The van der Waals surface area contributed by atoms with E-state index in [1.54, 1.807) is 7.11 Å². The number of aryl methyl sites for hydroxylation is 2. The van der Waals surface area contributed by atoms with E-state index in [9.17, 15) is 4.79 Å².